The van der Waals surface area contributed by atoms with Crippen molar-refractivity contribution in [2.75, 3.05) is 5.32 Å². The molecule has 7 nitrogen and oxygen atoms in total. The molecule has 0 radical (unpaired) electrons. The first kappa shape index (κ1) is 16.5. The molecule has 3 aromatic heterocycles. The Morgan fingerprint density at radius 3 is 3.00 bits per heavy atom. The summed E-state index contributed by atoms with van der Waals surface area (Å²) in [4.78, 5) is 34.0. The van der Waals surface area contributed by atoms with E-state index in [2.05, 4.69) is 20.3 Å². The summed E-state index contributed by atoms with van der Waals surface area (Å²) in [5.41, 5.74) is 4.61. The SMILES string of the molecule is O=C(Cc1c[nH]c2ccccc12)Nc1nc(-c2ccc3oc(=O)[nH]c3c2)cs1. The quantitative estimate of drug-likeness (QED) is 0.433. The Morgan fingerprint density at radius 2 is 2.07 bits per heavy atom. The summed E-state index contributed by atoms with van der Waals surface area (Å²) in [6.07, 6.45) is 2.12. The van der Waals surface area contributed by atoms with Crippen LogP contribution < -0.4 is 11.1 Å². The zero-order chi connectivity index (χ0) is 19.1. The van der Waals surface area contributed by atoms with Crippen molar-refractivity contribution >= 4 is 44.4 Å². The standard InChI is InChI=1S/C20H14N4O3S/c25-18(8-12-9-21-14-4-2-1-3-13(12)14)24-19-22-16(10-28-19)11-5-6-17-15(7-11)23-20(26)27-17/h1-7,9-10,21H,8H2,(H,23,26)(H,22,24,25). The third kappa shape index (κ3) is 2.99. The summed E-state index contributed by atoms with van der Waals surface area (Å²) in [7, 11) is 0. The fraction of sp³-hybridized carbons (Fsp3) is 0.0500. The minimum atomic E-state index is -0.490. The molecule has 5 rings (SSSR count). The van der Waals surface area contributed by atoms with E-state index >= 15 is 0 Å². The monoisotopic (exact) mass is 390 g/mol. The number of aromatic nitrogens is 3. The lowest BCUT2D eigenvalue weighted by atomic mass is 10.1. The molecule has 0 bridgehead atoms. The van der Waals surface area contributed by atoms with Gasteiger partial charge in [0.05, 0.1) is 17.6 Å². The van der Waals surface area contributed by atoms with Gasteiger partial charge in [0.2, 0.25) is 5.91 Å². The van der Waals surface area contributed by atoms with E-state index in [9.17, 15) is 9.59 Å². The summed E-state index contributed by atoms with van der Waals surface area (Å²) in [6.45, 7) is 0. The largest absolute Gasteiger partial charge is 0.417 e. The summed E-state index contributed by atoms with van der Waals surface area (Å²) in [6, 6.07) is 13.2. The second-order valence-electron chi connectivity index (χ2n) is 6.35. The third-order valence-corrected chi connectivity index (χ3v) is 5.25. The van der Waals surface area contributed by atoms with Gasteiger partial charge in [0, 0.05) is 28.0 Å². The Hall–Kier alpha value is -3.65. The van der Waals surface area contributed by atoms with Crippen LogP contribution in [0.15, 0.2) is 63.3 Å². The van der Waals surface area contributed by atoms with Gasteiger partial charge in [0.1, 0.15) is 0 Å². The van der Waals surface area contributed by atoms with Gasteiger partial charge >= 0.3 is 5.76 Å². The van der Waals surface area contributed by atoms with Gasteiger partial charge in [0.15, 0.2) is 10.7 Å². The Morgan fingerprint density at radius 1 is 1.18 bits per heavy atom. The number of carbonyl (C=O) groups is 1. The van der Waals surface area contributed by atoms with Gasteiger partial charge in [-0.25, -0.2) is 9.78 Å². The summed E-state index contributed by atoms with van der Waals surface area (Å²) >= 11 is 1.35. The number of hydrogen-bond donors (Lipinski definition) is 3. The highest BCUT2D eigenvalue weighted by Crippen LogP contribution is 2.27. The number of fused-ring (bicyclic) bond motifs is 2. The molecule has 0 aliphatic heterocycles. The summed E-state index contributed by atoms with van der Waals surface area (Å²) in [5.74, 6) is -0.615. The second-order valence-corrected chi connectivity index (χ2v) is 7.21. The van der Waals surface area contributed by atoms with Gasteiger partial charge < -0.3 is 14.7 Å². The van der Waals surface area contributed by atoms with Crippen LogP contribution in [0.5, 0.6) is 0 Å². The van der Waals surface area contributed by atoms with Gasteiger partial charge in [0.25, 0.3) is 0 Å². The average Bonchev–Trinajstić information content (AvgIpc) is 3.39. The molecule has 0 atom stereocenters. The lowest BCUT2D eigenvalue weighted by Crippen LogP contribution is -2.13. The van der Waals surface area contributed by atoms with Crippen LogP contribution in [0.25, 0.3) is 33.3 Å². The van der Waals surface area contributed by atoms with Crippen molar-refractivity contribution in [2.24, 2.45) is 0 Å². The van der Waals surface area contributed by atoms with E-state index in [0.717, 1.165) is 27.7 Å². The van der Waals surface area contributed by atoms with Crippen molar-refractivity contribution in [2.45, 2.75) is 6.42 Å². The van der Waals surface area contributed by atoms with Crippen LogP contribution >= 0.6 is 11.3 Å². The summed E-state index contributed by atoms with van der Waals surface area (Å²) < 4.78 is 5.01. The second kappa shape index (κ2) is 6.50. The van der Waals surface area contributed by atoms with E-state index < -0.39 is 5.76 Å². The Kier molecular flexibility index (Phi) is 3.84. The molecule has 0 saturated heterocycles. The number of hydrogen-bond acceptors (Lipinski definition) is 5. The van der Waals surface area contributed by atoms with Crippen LogP contribution in [0.2, 0.25) is 0 Å². The number of aromatic amines is 2. The molecule has 1 amide bonds. The highest BCUT2D eigenvalue weighted by Gasteiger charge is 2.12. The molecule has 0 saturated carbocycles. The number of rotatable bonds is 4. The van der Waals surface area contributed by atoms with Crippen molar-refractivity contribution in [3.05, 3.63) is 70.2 Å². The summed E-state index contributed by atoms with van der Waals surface area (Å²) in [5, 5.41) is 6.29. The van der Waals surface area contributed by atoms with Crippen molar-refractivity contribution < 1.29 is 9.21 Å². The zero-order valence-corrected chi connectivity index (χ0v) is 15.3. The number of nitrogens with one attached hydrogen (secondary N) is 3. The van der Waals surface area contributed by atoms with Gasteiger partial charge in [-0.2, -0.15) is 0 Å². The first-order chi connectivity index (χ1) is 13.7. The smallest absolute Gasteiger partial charge is 0.408 e. The van der Waals surface area contributed by atoms with E-state index in [0.29, 0.717) is 16.2 Å². The number of H-pyrrole nitrogens is 2. The molecular formula is C20H14N4O3S. The fourth-order valence-corrected chi connectivity index (χ4v) is 3.93. The number of oxazole rings is 1. The average molecular weight is 390 g/mol. The van der Waals surface area contributed by atoms with Crippen LogP contribution in [-0.4, -0.2) is 20.9 Å². The van der Waals surface area contributed by atoms with Crippen molar-refractivity contribution in [1.82, 2.24) is 15.0 Å². The van der Waals surface area contributed by atoms with Gasteiger partial charge in [-0.05, 0) is 29.8 Å². The maximum Gasteiger partial charge on any atom is 0.417 e. The molecule has 2 aromatic carbocycles. The molecule has 28 heavy (non-hydrogen) atoms. The minimum Gasteiger partial charge on any atom is -0.408 e. The number of anilines is 1. The highest BCUT2D eigenvalue weighted by atomic mass is 32.1. The fourth-order valence-electron chi connectivity index (χ4n) is 3.19. The lowest BCUT2D eigenvalue weighted by Gasteiger charge is -2.01. The Balaban J connectivity index is 1.34. The first-order valence-electron chi connectivity index (χ1n) is 8.59. The molecule has 3 heterocycles. The molecule has 8 heteroatoms. The normalized spacial score (nSPS) is 11.3. The molecule has 0 unspecified atom stereocenters. The molecule has 0 aliphatic carbocycles. The van der Waals surface area contributed by atoms with Crippen molar-refractivity contribution in [1.29, 1.82) is 0 Å². The van der Waals surface area contributed by atoms with Gasteiger partial charge in [-0.15, -0.1) is 11.3 Å². The van der Waals surface area contributed by atoms with Crippen LogP contribution in [0.3, 0.4) is 0 Å². The molecular weight excluding hydrogens is 376 g/mol. The number of amides is 1. The van der Waals surface area contributed by atoms with E-state index in [1.165, 1.54) is 11.3 Å². The number of nitrogens with zero attached hydrogens (tertiary/aromatic N) is 1. The van der Waals surface area contributed by atoms with Gasteiger partial charge in [-0.1, -0.05) is 18.2 Å². The topological polar surface area (TPSA) is 104 Å². The molecule has 138 valence electrons. The Labute approximate surface area is 162 Å². The third-order valence-electron chi connectivity index (χ3n) is 4.49. The van der Waals surface area contributed by atoms with E-state index in [1.807, 2.05) is 41.9 Å². The number of para-hydroxylation sites is 1. The van der Waals surface area contributed by atoms with Gasteiger partial charge in [-0.3, -0.25) is 9.78 Å². The first-order valence-corrected chi connectivity index (χ1v) is 9.47. The zero-order valence-electron chi connectivity index (χ0n) is 14.5. The predicted molar refractivity (Wildman–Crippen MR) is 109 cm³/mol. The molecule has 0 aliphatic rings. The maximum absolute atomic E-state index is 12.4. The highest BCUT2D eigenvalue weighted by molar-refractivity contribution is 7.14. The number of benzene rings is 2. The van der Waals surface area contributed by atoms with Crippen LogP contribution in [-0.2, 0) is 11.2 Å². The van der Waals surface area contributed by atoms with Crippen molar-refractivity contribution in [3.8, 4) is 11.3 Å². The van der Waals surface area contributed by atoms with E-state index in [-0.39, 0.29) is 12.3 Å². The van der Waals surface area contributed by atoms with E-state index in [4.69, 9.17) is 4.42 Å². The number of thiazole rings is 1. The van der Waals surface area contributed by atoms with Crippen LogP contribution in [0.1, 0.15) is 5.56 Å². The predicted octanol–water partition coefficient (Wildman–Crippen LogP) is 3.91. The van der Waals surface area contributed by atoms with Crippen molar-refractivity contribution in [3.63, 3.8) is 0 Å². The Bertz CT molecular complexity index is 1370. The van der Waals surface area contributed by atoms with Crippen LogP contribution in [0, 0.1) is 0 Å². The minimum absolute atomic E-state index is 0.125. The molecule has 5 aromatic rings. The van der Waals surface area contributed by atoms with Crippen LogP contribution in [0.4, 0.5) is 5.13 Å². The number of carbonyl (C=O) groups excluding carboxylic acids is 1. The van der Waals surface area contributed by atoms with E-state index in [1.54, 1.807) is 12.1 Å². The molecule has 3 N–H and O–H groups in total. The lowest BCUT2D eigenvalue weighted by molar-refractivity contribution is -0.115. The molecule has 0 fully saturated rings. The maximum atomic E-state index is 12.4. The molecule has 0 spiro atoms.